The minimum atomic E-state index is -0.388. The van der Waals surface area contributed by atoms with E-state index in [1.165, 1.54) is 7.11 Å². The van der Waals surface area contributed by atoms with Crippen molar-refractivity contribution in [2.24, 2.45) is 5.92 Å². The Morgan fingerprint density at radius 2 is 2.27 bits per heavy atom. The van der Waals surface area contributed by atoms with Crippen LogP contribution < -0.4 is 0 Å². The van der Waals surface area contributed by atoms with Crippen LogP contribution in [0.15, 0.2) is 0 Å². The van der Waals surface area contributed by atoms with E-state index in [1.807, 2.05) is 4.90 Å². The fourth-order valence-corrected chi connectivity index (χ4v) is 1.93. The van der Waals surface area contributed by atoms with Crippen molar-refractivity contribution >= 4 is 5.97 Å². The second-order valence-corrected chi connectivity index (χ2v) is 4.61. The number of ether oxygens (including phenoxy) is 1. The van der Waals surface area contributed by atoms with Gasteiger partial charge in [0.25, 0.3) is 0 Å². The smallest absolute Gasteiger partial charge is 0.323 e. The van der Waals surface area contributed by atoms with Crippen molar-refractivity contribution in [1.82, 2.24) is 4.90 Å². The second kappa shape index (κ2) is 5.47. The number of carbonyl (C=O) groups excluding carboxylic acids is 1. The number of aliphatic hydroxyl groups excluding tert-OH is 1. The Bertz CT molecular complexity index is 218. The van der Waals surface area contributed by atoms with Crippen molar-refractivity contribution in [2.75, 3.05) is 20.2 Å². The molecule has 0 spiro atoms. The van der Waals surface area contributed by atoms with Crippen molar-refractivity contribution in [2.45, 2.75) is 38.8 Å². The molecule has 15 heavy (non-hydrogen) atoms. The fraction of sp³-hybridized carbons (Fsp3) is 0.909. The van der Waals surface area contributed by atoms with Gasteiger partial charge < -0.3 is 9.84 Å². The second-order valence-electron chi connectivity index (χ2n) is 4.61. The van der Waals surface area contributed by atoms with Gasteiger partial charge in [-0.05, 0) is 18.9 Å². The van der Waals surface area contributed by atoms with Crippen LogP contribution in [-0.4, -0.2) is 48.3 Å². The highest BCUT2D eigenvalue weighted by Crippen LogP contribution is 2.20. The Kier molecular flexibility index (Phi) is 4.54. The molecular formula is C11H21NO3. The molecule has 4 heteroatoms. The molecule has 1 aliphatic rings. The van der Waals surface area contributed by atoms with Gasteiger partial charge in [-0.25, -0.2) is 0 Å². The molecule has 4 nitrogen and oxygen atoms in total. The maximum atomic E-state index is 11.4. The Balaban J connectivity index is 2.49. The minimum absolute atomic E-state index is 0.227. The molecule has 1 rings (SSSR count). The Labute approximate surface area is 91.2 Å². The van der Waals surface area contributed by atoms with Gasteiger partial charge in [-0.15, -0.1) is 0 Å². The average molecular weight is 215 g/mol. The van der Waals surface area contributed by atoms with E-state index in [4.69, 9.17) is 4.74 Å². The molecule has 2 atom stereocenters. The molecule has 0 saturated carbocycles. The number of β-amino-alcohol motifs (C(OH)–C–C–N with tert-alkyl or cyclic N) is 1. The van der Waals surface area contributed by atoms with Crippen molar-refractivity contribution in [3.63, 3.8) is 0 Å². The van der Waals surface area contributed by atoms with Crippen LogP contribution in [0.2, 0.25) is 0 Å². The maximum Gasteiger partial charge on any atom is 0.323 e. The molecule has 0 bridgehead atoms. The molecule has 1 N–H and O–H groups in total. The molecule has 0 amide bonds. The van der Waals surface area contributed by atoms with Gasteiger partial charge in [0.15, 0.2) is 0 Å². The van der Waals surface area contributed by atoms with Gasteiger partial charge in [-0.2, -0.15) is 0 Å². The molecule has 2 unspecified atom stereocenters. The van der Waals surface area contributed by atoms with Crippen LogP contribution in [-0.2, 0) is 9.53 Å². The molecule has 1 aliphatic heterocycles. The highest BCUT2D eigenvalue weighted by Gasteiger charge is 2.36. The monoisotopic (exact) mass is 215 g/mol. The lowest BCUT2D eigenvalue weighted by atomic mass is 10.1. The average Bonchev–Trinajstić information content (AvgIpc) is 2.55. The zero-order valence-electron chi connectivity index (χ0n) is 9.77. The number of rotatable bonds is 4. The number of hydrogen-bond acceptors (Lipinski definition) is 4. The first-order valence-corrected chi connectivity index (χ1v) is 5.54. The number of hydrogen-bond donors (Lipinski definition) is 1. The number of methoxy groups -OCH3 is 1. The van der Waals surface area contributed by atoms with Gasteiger partial charge >= 0.3 is 5.97 Å². The highest BCUT2D eigenvalue weighted by molar-refractivity contribution is 5.76. The molecule has 0 radical (unpaired) electrons. The van der Waals surface area contributed by atoms with Crippen LogP contribution in [0.4, 0.5) is 0 Å². The van der Waals surface area contributed by atoms with E-state index < -0.39 is 0 Å². The van der Waals surface area contributed by atoms with Gasteiger partial charge in [0, 0.05) is 13.0 Å². The zero-order valence-corrected chi connectivity index (χ0v) is 9.77. The molecular weight excluding hydrogens is 194 g/mol. The lowest BCUT2D eigenvalue weighted by Crippen LogP contribution is -2.37. The van der Waals surface area contributed by atoms with Crippen LogP contribution >= 0.6 is 0 Å². The minimum Gasteiger partial charge on any atom is -0.468 e. The summed E-state index contributed by atoms with van der Waals surface area (Å²) in [5.74, 6) is 0.386. The lowest BCUT2D eigenvalue weighted by molar-refractivity contribution is -0.145. The van der Waals surface area contributed by atoms with Crippen molar-refractivity contribution in [3.05, 3.63) is 0 Å². The summed E-state index contributed by atoms with van der Waals surface area (Å²) in [5, 5.41) is 9.53. The molecule has 88 valence electrons. The Morgan fingerprint density at radius 3 is 2.80 bits per heavy atom. The third kappa shape index (κ3) is 3.47. The summed E-state index contributed by atoms with van der Waals surface area (Å²) in [6.07, 6.45) is 1.16. The summed E-state index contributed by atoms with van der Waals surface area (Å²) in [6, 6.07) is -0.247. The number of aliphatic hydroxyl groups is 1. The normalized spacial score (nSPS) is 27.3. The highest BCUT2D eigenvalue weighted by atomic mass is 16.5. The van der Waals surface area contributed by atoms with E-state index in [-0.39, 0.29) is 18.1 Å². The number of carbonyl (C=O) groups is 1. The van der Waals surface area contributed by atoms with E-state index in [1.54, 1.807) is 0 Å². The van der Waals surface area contributed by atoms with Crippen LogP contribution in [0.3, 0.4) is 0 Å². The third-order valence-electron chi connectivity index (χ3n) is 2.85. The first-order valence-electron chi connectivity index (χ1n) is 5.54. The predicted octanol–water partition coefficient (Wildman–Crippen LogP) is 0.641. The van der Waals surface area contributed by atoms with E-state index in [2.05, 4.69) is 13.8 Å². The number of esters is 1. The van der Waals surface area contributed by atoms with Crippen LogP contribution in [0.1, 0.15) is 26.7 Å². The quantitative estimate of drug-likeness (QED) is 0.699. The molecule has 1 fully saturated rings. The first kappa shape index (κ1) is 12.5. The summed E-state index contributed by atoms with van der Waals surface area (Å²) in [7, 11) is 1.40. The largest absolute Gasteiger partial charge is 0.468 e. The standard InChI is InChI=1S/C11H21NO3/c1-8(2)4-5-12-7-9(13)6-10(12)11(14)15-3/h8-10,13H,4-7H2,1-3H3. The first-order chi connectivity index (χ1) is 7.04. The molecule has 0 aromatic rings. The van der Waals surface area contributed by atoms with Crippen LogP contribution in [0.25, 0.3) is 0 Å². The Morgan fingerprint density at radius 1 is 1.60 bits per heavy atom. The van der Waals surface area contributed by atoms with E-state index in [9.17, 15) is 9.90 Å². The van der Waals surface area contributed by atoms with Gasteiger partial charge in [0.2, 0.25) is 0 Å². The summed E-state index contributed by atoms with van der Waals surface area (Å²) < 4.78 is 4.73. The number of nitrogens with zero attached hydrogens (tertiary/aromatic N) is 1. The summed E-state index contributed by atoms with van der Waals surface area (Å²) >= 11 is 0. The van der Waals surface area contributed by atoms with E-state index >= 15 is 0 Å². The summed E-state index contributed by atoms with van der Waals surface area (Å²) in [4.78, 5) is 13.5. The molecule has 0 aliphatic carbocycles. The zero-order chi connectivity index (χ0) is 11.4. The van der Waals surface area contributed by atoms with Gasteiger partial charge in [-0.3, -0.25) is 9.69 Å². The molecule has 1 heterocycles. The fourth-order valence-electron chi connectivity index (χ4n) is 1.93. The molecule has 0 aromatic carbocycles. The van der Waals surface area contributed by atoms with Crippen LogP contribution in [0, 0.1) is 5.92 Å². The topological polar surface area (TPSA) is 49.8 Å². The van der Waals surface area contributed by atoms with E-state index in [0.29, 0.717) is 18.9 Å². The van der Waals surface area contributed by atoms with Crippen LogP contribution in [0.5, 0.6) is 0 Å². The van der Waals surface area contributed by atoms with Crippen molar-refractivity contribution in [3.8, 4) is 0 Å². The number of likely N-dealkylation sites (tertiary alicyclic amines) is 1. The van der Waals surface area contributed by atoms with Crippen molar-refractivity contribution in [1.29, 1.82) is 0 Å². The molecule has 0 aromatic heterocycles. The predicted molar refractivity (Wildman–Crippen MR) is 57.5 cm³/mol. The molecule has 1 saturated heterocycles. The van der Waals surface area contributed by atoms with E-state index in [0.717, 1.165) is 13.0 Å². The van der Waals surface area contributed by atoms with Gasteiger partial charge in [0.1, 0.15) is 6.04 Å². The van der Waals surface area contributed by atoms with Gasteiger partial charge in [-0.1, -0.05) is 13.8 Å². The third-order valence-corrected chi connectivity index (χ3v) is 2.85. The lowest BCUT2D eigenvalue weighted by Gasteiger charge is -2.22. The summed E-state index contributed by atoms with van der Waals surface area (Å²) in [5.41, 5.74) is 0. The van der Waals surface area contributed by atoms with Crippen molar-refractivity contribution < 1.29 is 14.6 Å². The maximum absolute atomic E-state index is 11.4. The van der Waals surface area contributed by atoms with Gasteiger partial charge in [0.05, 0.1) is 13.2 Å². The SMILES string of the molecule is COC(=O)C1CC(O)CN1CCC(C)C. The Hall–Kier alpha value is -0.610. The summed E-state index contributed by atoms with van der Waals surface area (Å²) in [6.45, 7) is 5.75.